The van der Waals surface area contributed by atoms with E-state index in [1.54, 1.807) is 0 Å². The lowest BCUT2D eigenvalue weighted by atomic mass is 9.92. The van der Waals surface area contributed by atoms with Crippen molar-refractivity contribution in [1.82, 2.24) is 0 Å². The monoisotopic (exact) mass is 216 g/mol. The number of fused-ring (bicyclic) bond motifs is 1. The lowest BCUT2D eigenvalue weighted by molar-refractivity contribution is 0.361. The Kier molecular flexibility index (Phi) is 3.66. The number of aryl methyl sites for hydroxylation is 2. The van der Waals surface area contributed by atoms with Crippen molar-refractivity contribution in [3.8, 4) is 5.75 Å². The predicted octanol–water partition coefficient (Wildman–Crippen LogP) is 3.91. The summed E-state index contributed by atoms with van der Waals surface area (Å²) in [5.74, 6) is 1.01. The minimum Gasteiger partial charge on any atom is -0.490 e. The molecule has 16 heavy (non-hydrogen) atoms. The minimum absolute atomic E-state index is 0.682. The van der Waals surface area contributed by atoms with Gasteiger partial charge in [0.05, 0.1) is 0 Å². The van der Waals surface area contributed by atoms with E-state index in [0.717, 1.165) is 5.75 Å². The molecular weight excluding hydrogens is 196 g/mol. The maximum Gasteiger partial charge on any atom is 0.120 e. The predicted molar refractivity (Wildman–Crippen MR) is 68.0 cm³/mol. The molecule has 1 aromatic carbocycles. The quantitative estimate of drug-likeness (QED) is 0.696. The van der Waals surface area contributed by atoms with E-state index in [1.165, 1.54) is 42.4 Å². The van der Waals surface area contributed by atoms with Crippen LogP contribution in [0.1, 0.15) is 37.8 Å². The minimum atomic E-state index is 0.682. The molecule has 86 valence electrons. The van der Waals surface area contributed by atoms with Gasteiger partial charge in [0.2, 0.25) is 0 Å². The average Bonchev–Trinajstić information content (AvgIpc) is 2.28. The van der Waals surface area contributed by atoms with Gasteiger partial charge in [0, 0.05) is 0 Å². The van der Waals surface area contributed by atoms with Crippen LogP contribution in [0.15, 0.2) is 29.8 Å². The molecule has 0 amide bonds. The van der Waals surface area contributed by atoms with Crippen LogP contribution >= 0.6 is 0 Å². The van der Waals surface area contributed by atoms with Crippen LogP contribution in [0.25, 0.3) is 0 Å². The molecule has 0 saturated carbocycles. The Morgan fingerprint density at radius 3 is 2.69 bits per heavy atom. The highest BCUT2D eigenvalue weighted by molar-refractivity contribution is 5.37. The second-order valence-corrected chi connectivity index (χ2v) is 4.73. The highest BCUT2D eigenvalue weighted by atomic mass is 16.5. The topological polar surface area (TPSA) is 9.23 Å². The first kappa shape index (κ1) is 11.3. The van der Waals surface area contributed by atoms with Crippen molar-refractivity contribution in [3.05, 3.63) is 41.0 Å². The number of rotatable bonds is 3. The van der Waals surface area contributed by atoms with Gasteiger partial charge in [-0.15, -0.1) is 0 Å². The van der Waals surface area contributed by atoms with E-state index in [1.807, 2.05) is 0 Å². The van der Waals surface area contributed by atoms with E-state index in [2.05, 4.69) is 38.1 Å². The molecule has 0 saturated heterocycles. The maximum absolute atomic E-state index is 5.71. The molecule has 1 aliphatic carbocycles. The van der Waals surface area contributed by atoms with Gasteiger partial charge in [-0.05, 0) is 68.9 Å². The van der Waals surface area contributed by atoms with Crippen molar-refractivity contribution in [2.45, 2.75) is 39.5 Å². The fourth-order valence-electron chi connectivity index (χ4n) is 2.10. The van der Waals surface area contributed by atoms with Gasteiger partial charge >= 0.3 is 0 Å². The van der Waals surface area contributed by atoms with Crippen molar-refractivity contribution < 1.29 is 4.74 Å². The van der Waals surface area contributed by atoms with Crippen LogP contribution in [0.5, 0.6) is 5.75 Å². The number of ether oxygens (including phenoxy) is 1. The molecule has 1 aromatic rings. The highest BCUT2D eigenvalue weighted by Gasteiger charge is 2.09. The van der Waals surface area contributed by atoms with E-state index in [-0.39, 0.29) is 0 Å². The molecule has 1 nitrogen and oxygen atoms in total. The van der Waals surface area contributed by atoms with Crippen LogP contribution in [0, 0.1) is 0 Å². The number of benzene rings is 1. The summed E-state index contributed by atoms with van der Waals surface area (Å²) in [6.45, 7) is 4.87. The summed E-state index contributed by atoms with van der Waals surface area (Å²) >= 11 is 0. The zero-order valence-electron chi connectivity index (χ0n) is 10.3. The first-order valence-corrected chi connectivity index (χ1v) is 6.13. The Morgan fingerprint density at radius 1 is 1.19 bits per heavy atom. The summed E-state index contributed by atoms with van der Waals surface area (Å²) in [6, 6.07) is 6.54. The third kappa shape index (κ3) is 2.88. The van der Waals surface area contributed by atoms with Gasteiger partial charge in [-0.2, -0.15) is 0 Å². The van der Waals surface area contributed by atoms with Crippen LogP contribution < -0.4 is 4.74 Å². The van der Waals surface area contributed by atoms with Gasteiger partial charge in [0.15, 0.2) is 0 Å². The van der Waals surface area contributed by atoms with Gasteiger partial charge < -0.3 is 4.74 Å². The number of hydrogen-bond donors (Lipinski definition) is 0. The number of allylic oxidation sites excluding steroid dienone is 1. The summed E-state index contributed by atoms with van der Waals surface area (Å²) in [7, 11) is 0. The molecule has 1 aliphatic rings. The summed E-state index contributed by atoms with van der Waals surface area (Å²) in [6.07, 6.45) is 7.23. The second-order valence-electron chi connectivity index (χ2n) is 4.73. The molecule has 0 fully saturated rings. The summed E-state index contributed by atoms with van der Waals surface area (Å²) in [4.78, 5) is 0. The molecule has 0 unspecified atom stereocenters. The number of hydrogen-bond acceptors (Lipinski definition) is 1. The Balaban J connectivity index is 2.03. The van der Waals surface area contributed by atoms with Crippen molar-refractivity contribution in [1.29, 1.82) is 0 Å². The standard InChI is InChI=1S/C15H20O/c1-12(2)9-10-16-15-8-7-13-5-3-4-6-14(13)11-15/h7-9,11H,3-6,10H2,1-2H3. The average molecular weight is 216 g/mol. The first-order chi connectivity index (χ1) is 7.75. The Hall–Kier alpha value is -1.24. The molecular formula is C15H20O. The summed E-state index contributed by atoms with van der Waals surface area (Å²) in [5, 5.41) is 0. The molecule has 0 aromatic heterocycles. The second kappa shape index (κ2) is 5.20. The normalized spacial score (nSPS) is 14.1. The first-order valence-electron chi connectivity index (χ1n) is 6.13. The lowest BCUT2D eigenvalue weighted by Gasteiger charge is -2.16. The van der Waals surface area contributed by atoms with Gasteiger partial charge in [0.25, 0.3) is 0 Å². The summed E-state index contributed by atoms with van der Waals surface area (Å²) < 4.78 is 5.71. The van der Waals surface area contributed by atoms with Crippen LogP contribution in [0.4, 0.5) is 0 Å². The molecule has 1 heteroatoms. The molecule has 0 bridgehead atoms. The van der Waals surface area contributed by atoms with Crippen molar-refractivity contribution in [2.75, 3.05) is 6.61 Å². The maximum atomic E-state index is 5.71. The van der Waals surface area contributed by atoms with Gasteiger partial charge in [-0.1, -0.05) is 11.6 Å². The van der Waals surface area contributed by atoms with Crippen molar-refractivity contribution >= 4 is 0 Å². The van der Waals surface area contributed by atoms with E-state index in [4.69, 9.17) is 4.74 Å². The SMILES string of the molecule is CC(C)=CCOc1ccc2c(c1)CCCC2. The molecule has 0 heterocycles. The fourth-order valence-corrected chi connectivity index (χ4v) is 2.10. The third-order valence-electron chi connectivity index (χ3n) is 3.06. The lowest BCUT2D eigenvalue weighted by Crippen LogP contribution is -2.03. The van der Waals surface area contributed by atoms with Gasteiger partial charge in [0.1, 0.15) is 12.4 Å². The van der Waals surface area contributed by atoms with Crippen molar-refractivity contribution in [2.24, 2.45) is 0 Å². The molecule has 0 aliphatic heterocycles. The zero-order chi connectivity index (χ0) is 11.4. The largest absolute Gasteiger partial charge is 0.490 e. The molecule has 2 rings (SSSR count). The van der Waals surface area contributed by atoms with Gasteiger partial charge in [-0.3, -0.25) is 0 Å². The van der Waals surface area contributed by atoms with E-state index in [0.29, 0.717) is 6.61 Å². The Bertz CT molecular complexity index is 386. The fraction of sp³-hybridized carbons (Fsp3) is 0.467. The Labute approximate surface area is 98.1 Å². The van der Waals surface area contributed by atoms with Gasteiger partial charge in [-0.25, -0.2) is 0 Å². The Morgan fingerprint density at radius 2 is 1.94 bits per heavy atom. The van der Waals surface area contributed by atoms with E-state index < -0.39 is 0 Å². The van der Waals surface area contributed by atoms with E-state index in [9.17, 15) is 0 Å². The zero-order valence-corrected chi connectivity index (χ0v) is 10.3. The van der Waals surface area contributed by atoms with Crippen LogP contribution in [-0.2, 0) is 12.8 Å². The molecule has 0 atom stereocenters. The van der Waals surface area contributed by atoms with Crippen LogP contribution in [0.3, 0.4) is 0 Å². The molecule has 0 spiro atoms. The van der Waals surface area contributed by atoms with Crippen LogP contribution in [0.2, 0.25) is 0 Å². The molecule has 0 radical (unpaired) electrons. The van der Waals surface area contributed by atoms with E-state index >= 15 is 0 Å². The smallest absolute Gasteiger partial charge is 0.120 e. The molecule has 0 N–H and O–H groups in total. The van der Waals surface area contributed by atoms with Crippen LogP contribution in [-0.4, -0.2) is 6.61 Å². The third-order valence-corrected chi connectivity index (χ3v) is 3.06. The van der Waals surface area contributed by atoms with Crippen molar-refractivity contribution in [3.63, 3.8) is 0 Å². The highest BCUT2D eigenvalue weighted by Crippen LogP contribution is 2.25. The summed E-state index contributed by atoms with van der Waals surface area (Å²) in [5.41, 5.74) is 4.31.